The molecule has 0 aromatic carbocycles. The molecule has 1 saturated heterocycles. The largest absolute Gasteiger partial charge is 0.316 e. The van der Waals surface area contributed by atoms with Crippen molar-refractivity contribution in [3.8, 4) is 0 Å². The molecule has 1 unspecified atom stereocenters. The first-order valence-corrected chi connectivity index (χ1v) is 8.68. The Morgan fingerprint density at radius 3 is 2.45 bits per heavy atom. The Morgan fingerprint density at radius 2 is 1.85 bits per heavy atom. The monoisotopic (exact) mass is 281 g/mol. The quantitative estimate of drug-likeness (QED) is 0.835. The van der Waals surface area contributed by atoms with Crippen LogP contribution in [0.1, 0.15) is 46.5 Å². The summed E-state index contributed by atoms with van der Waals surface area (Å²) in [5, 5.41) is 3.65. The lowest BCUT2D eigenvalue weighted by atomic mass is 9.70. The highest BCUT2D eigenvalue weighted by Gasteiger charge is 2.36. The second kappa shape index (κ2) is 7.24. The average molecular weight is 281 g/mol. The maximum Gasteiger partial charge on any atom is 0.0192 e. The summed E-state index contributed by atoms with van der Waals surface area (Å²) >= 11 is 0. The van der Waals surface area contributed by atoms with E-state index < -0.39 is 0 Å². The van der Waals surface area contributed by atoms with Crippen molar-refractivity contribution in [2.24, 2.45) is 11.3 Å². The molecule has 20 heavy (non-hydrogen) atoms. The molecule has 2 aliphatic rings. The van der Waals surface area contributed by atoms with E-state index in [0.717, 1.165) is 12.5 Å². The first-order valence-electron chi connectivity index (χ1n) is 8.68. The number of nitrogens with one attached hydrogen (secondary N) is 1. The van der Waals surface area contributed by atoms with Crippen LogP contribution in [0.4, 0.5) is 0 Å². The fourth-order valence-corrected chi connectivity index (χ4v) is 3.90. The van der Waals surface area contributed by atoms with Crippen molar-refractivity contribution in [3.63, 3.8) is 0 Å². The summed E-state index contributed by atoms with van der Waals surface area (Å²) in [4.78, 5) is 5.23. The molecule has 0 spiro atoms. The number of hydrogen-bond donors (Lipinski definition) is 1. The summed E-state index contributed by atoms with van der Waals surface area (Å²) in [5.74, 6) is 0.941. The first-order chi connectivity index (χ1) is 9.54. The van der Waals surface area contributed by atoms with Gasteiger partial charge in [0.1, 0.15) is 0 Å². The molecule has 2 fully saturated rings. The highest BCUT2D eigenvalue weighted by atomic mass is 15.3. The fraction of sp³-hybridized carbons (Fsp3) is 1.00. The normalized spacial score (nSPS) is 37.2. The second-order valence-electron chi connectivity index (χ2n) is 7.53. The zero-order valence-corrected chi connectivity index (χ0v) is 14.1. The van der Waals surface area contributed by atoms with Crippen molar-refractivity contribution in [1.29, 1.82) is 0 Å². The molecule has 118 valence electrons. The molecular weight excluding hydrogens is 246 g/mol. The fourth-order valence-electron chi connectivity index (χ4n) is 3.90. The lowest BCUT2D eigenvalue weighted by Crippen LogP contribution is -2.54. The number of rotatable bonds is 5. The average Bonchev–Trinajstić information content (AvgIpc) is 2.44. The van der Waals surface area contributed by atoms with E-state index >= 15 is 0 Å². The summed E-state index contributed by atoms with van der Waals surface area (Å²) in [7, 11) is 2.26. The number of piperazine rings is 1. The Bertz CT molecular complexity index is 278. The molecule has 0 aromatic heterocycles. The van der Waals surface area contributed by atoms with Crippen LogP contribution >= 0.6 is 0 Å². The molecule has 3 nitrogen and oxygen atoms in total. The Balaban J connectivity index is 1.93. The van der Waals surface area contributed by atoms with Gasteiger partial charge in [0.05, 0.1) is 0 Å². The van der Waals surface area contributed by atoms with Gasteiger partial charge < -0.3 is 10.2 Å². The molecule has 0 bridgehead atoms. The molecule has 1 aliphatic heterocycles. The summed E-state index contributed by atoms with van der Waals surface area (Å²) in [6.45, 7) is 14.4. The van der Waals surface area contributed by atoms with Gasteiger partial charge in [-0.05, 0) is 44.7 Å². The van der Waals surface area contributed by atoms with Gasteiger partial charge in [0.25, 0.3) is 0 Å². The van der Waals surface area contributed by atoms with Gasteiger partial charge >= 0.3 is 0 Å². The lowest BCUT2D eigenvalue weighted by molar-refractivity contribution is 0.0400. The topological polar surface area (TPSA) is 18.5 Å². The predicted molar refractivity (Wildman–Crippen MR) is 87.1 cm³/mol. The van der Waals surface area contributed by atoms with Crippen LogP contribution in [0, 0.1) is 11.3 Å². The first kappa shape index (κ1) is 16.3. The van der Waals surface area contributed by atoms with Crippen LogP contribution in [0.5, 0.6) is 0 Å². The molecule has 0 aromatic rings. The van der Waals surface area contributed by atoms with E-state index in [1.165, 1.54) is 58.4 Å². The zero-order valence-electron chi connectivity index (χ0n) is 14.1. The number of nitrogens with zero attached hydrogens (tertiary/aromatic N) is 2. The van der Waals surface area contributed by atoms with Crippen LogP contribution in [0.3, 0.4) is 0 Å². The Hall–Kier alpha value is -0.120. The van der Waals surface area contributed by atoms with E-state index in [9.17, 15) is 0 Å². The van der Waals surface area contributed by atoms with E-state index in [1.54, 1.807) is 0 Å². The molecule has 1 atom stereocenters. The van der Waals surface area contributed by atoms with E-state index in [4.69, 9.17) is 0 Å². The molecule has 1 saturated carbocycles. The van der Waals surface area contributed by atoms with Crippen molar-refractivity contribution in [2.75, 3.05) is 46.3 Å². The van der Waals surface area contributed by atoms with Gasteiger partial charge in [0.2, 0.25) is 0 Å². The molecule has 1 N–H and O–H groups in total. The minimum absolute atomic E-state index is 0.540. The minimum Gasteiger partial charge on any atom is -0.316 e. The van der Waals surface area contributed by atoms with Crippen molar-refractivity contribution in [1.82, 2.24) is 15.1 Å². The molecular formula is C17H35N3. The SMILES string of the molecule is CCNCC1(CN2CCN(C)C(C)C2)CCC(C)CC1. The van der Waals surface area contributed by atoms with Gasteiger partial charge in [0.15, 0.2) is 0 Å². The Kier molecular flexibility index (Phi) is 5.88. The molecule has 0 amide bonds. The maximum atomic E-state index is 3.65. The van der Waals surface area contributed by atoms with Crippen molar-refractivity contribution in [3.05, 3.63) is 0 Å². The van der Waals surface area contributed by atoms with E-state index in [0.29, 0.717) is 11.5 Å². The predicted octanol–water partition coefficient (Wildman–Crippen LogP) is 2.43. The standard InChI is InChI=1S/C17H35N3/c1-5-18-13-17(8-6-15(2)7-9-17)14-20-11-10-19(4)16(3)12-20/h15-16,18H,5-14H2,1-4H3. The summed E-state index contributed by atoms with van der Waals surface area (Å²) in [5.41, 5.74) is 0.540. The Labute approximate surface area is 126 Å². The molecule has 0 radical (unpaired) electrons. The van der Waals surface area contributed by atoms with Gasteiger partial charge in [-0.2, -0.15) is 0 Å². The van der Waals surface area contributed by atoms with Crippen LogP contribution in [-0.2, 0) is 0 Å². The minimum atomic E-state index is 0.540. The summed E-state index contributed by atoms with van der Waals surface area (Å²) in [6, 6.07) is 0.711. The Morgan fingerprint density at radius 1 is 1.15 bits per heavy atom. The number of likely N-dealkylation sites (N-methyl/N-ethyl adjacent to an activating group) is 1. The highest BCUT2D eigenvalue weighted by Crippen LogP contribution is 2.39. The molecule has 3 heteroatoms. The van der Waals surface area contributed by atoms with Crippen LogP contribution in [0.2, 0.25) is 0 Å². The molecule has 1 heterocycles. The number of hydrogen-bond acceptors (Lipinski definition) is 3. The third kappa shape index (κ3) is 4.19. The third-order valence-electron chi connectivity index (χ3n) is 5.69. The van der Waals surface area contributed by atoms with Crippen molar-refractivity contribution < 1.29 is 0 Å². The second-order valence-corrected chi connectivity index (χ2v) is 7.53. The van der Waals surface area contributed by atoms with Gasteiger partial charge in [-0.1, -0.05) is 26.7 Å². The summed E-state index contributed by atoms with van der Waals surface area (Å²) in [6.07, 6.45) is 5.69. The highest BCUT2D eigenvalue weighted by molar-refractivity contribution is 4.91. The van der Waals surface area contributed by atoms with E-state index in [1.807, 2.05) is 0 Å². The molecule has 1 aliphatic carbocycles. The van der Waals surface area contributed by atoms with Gasteiger partial charge in [0, 0.05) is 38.8 Å². The lowest BCUT2D eigenvalue weighted by Gasteiger charge is -2.46. The van der Waals surface area contributed by atoms with E-state index in [2.05, 4.69) is 42.9 Å². The smallest absolute Gasteiger partial charge is 0.0192 e. The summed E-state index contributed by atoms with van der Waals surface area (Å²) < 4.78 is 0. The molecule has 2 rings (SSSR count). The van der Waals surface area contributed by atoms with Gasteiger partial charge in [-0.3, -0.25) is 4.90 Å². The van der Waals surface area contributed by atoms with Crippen molar-refractivity contribution >= 4 is 0 Å². The van der Waals surface area contributed by atoms with Gasteiger partial charge in [-0.25, -0.2) is 0 Å². The third-order valence-corrected chi connectivity index (χ3v) is 5.69. The maximum absolute atomic E-state index is 3.65. The van der Waals surface area contributed by atoms with Crippen LogP contribution in [0.25, 0.3) is 0 Å². The van der Waals surface area contributed by atoms with Crippen LogP contribution in [-0.4, -0.2) is 62.2 Å². The van der Waals surface area contributed by atoms with Gasteiger partial charge in [-0.15, -0.1) is 0 Å². The van der Waals surface area contributed by atoms with Crippen LogP contribution < -0.4 is 5.32 Å². The zero-order chi connectivity index (χ0) is 14.6. The van der Waals surface area contributed by atoms with Crippen molar-refractivity contribution in [2.45, 2.75) is 52.5 Å². The van der Waals surface area contributed by atoms with E-state index in [-0.39, 0.29) is 0 Å². The van der Waals surface area contributed by atoms with Crippen LogP contribution in [0.15, 0.2) is 0 Å².